The Hall–Kier alpha value is -3.74. The number of carbonyl (C=O) groups excluding carboxylic acids is 1. The van der Waals surface area contributed by atoms with Crippen LogP contribution in [0.2, 0.25) is 0 Å². The third kappa shape index (κ3) is 4.76. The van der Waals surface area contributed by atoms with Crippen molar-refractivity contribution in [2.75, 3.05) is 17.2 Å². The monoisotopic (exact) mass is 389 g/mol. The fraction of sp³-hybridized carbons (Fsp3) is 0.136. The van der Waals surface area contributed by atoms with E-state index in [1.165, 1.54) is 12.1 Å². The van der Waals surface area contributed by atoms with Crippen LogP contribution in [0, 0.1) is 5.82 Å². The van der Waals surface area contributed by atoms with Gasteiger partial charge in [-0.05, 0) is 47.9 Å². The molecule has 4 aromatic rings. The van der Waals surface area contributed by atoms with Crippen LogP contribution in [0.25, 0.3) is 10.9 Å². The fourth-order valence-corrected chi connectivity index (χ4v) is 3.12. The summed E-state index contributed by atoms with van der Waals surface area (Å²) in [4.78, 5) is 15.5. The van der Waals surface area contributed by atoms with E-state index in [4.69, 9.17) is 0 Å². The van der Waals surface area contributed by atoms with Crippen molar-refractivity contribution in [2.24, 2.45) is 0 Å². The lowest BCUT2D eigenvalue weighted by Gasteiger charge is -2.07. The maximum absolute atomic E-state index is 12.9. The number of aromatic amines is 1. The lowest BCUT2D eigenvalue weighted by Crippen LogP contribution is -2.16. The molecule has 0 aliphatic rings. The molecule has 0 spiro atoms. The standard InChI is InChI=1S/C22H20FN5O/c23-17-7-5-15(6-8-17)11-12-24-20-9-10-21(28-27-20)26-22(29)13-16-14-25-19-4-2-1-3-18(16)19/h1-10,14,25H,11-13H2,(H,24,27)(H,26,28,29). The lowest BCUT2D eigenvalue weighted by atomic mass is 10.1. The van der Waals surface area contributed by atoms with Gasteiger partial charge in [0.25, 0.3) is 0 Å². The zero-order valence-electron chi connectivity index (χ0n) is 15.7. The van der Waals surface area contributed by atoms with Crippen LogP contribution in [0.3, 0.4) is 0 Å². The summed E-state index contributed by atoms with van der Waals surface area (Å²) >= 11 is 0. The zero-order valence-corrected chi connectivity index (χ0v) is 15.7. The number of nitrogens with one attached hydrogen (secondary N) is 3. The molecule has 3 N–H and O–H groups in total. The second-order valence-corrected chi connectivity index (χ2v) is 6.69. The fourth-order valence-electron chi connectivity index (χ4n) is 3.12. The molecule has 1 amide bonds. The molecular weight excluding hydrogens is 369 g/mol. The van der Waals surface area contributed by atoms with Gasteiger partial charge in [-0.1, -0.05) is 30.3 Å². The summed E-state index contributed by atoms with van der Waals surface area (Å²) in [6, 6.07) is 17.7. The van der Waals surface area contributed by atoms with Crippen LogP contribution in [0.1, 0.15) is 11.1 Å². The molecule has 6 nitrogen and oxygen atoms in total. The molecule has 0 saturated heterocycles. The summed E-state index contributed by atoms with van der Waals surface area (Å²) in [7, 11) is 0. The number of H-pyrrole nitrogens is 1. The third-order valence-electron chi connectivity index (χ3n) is 4.59. The van der Waals surface area contributed by atoms with Gasteiger partial charge in [-0.15, -0.1) is 10.2 Å². The number of halogens is 1. The molecule has 0 atom stereocenters. The van der Waals surface area contributed by atoms with Crippen LogP contribution in [-0.4, -0.2) is 27.6 Å². The van der Waals surface area contributed by atoms with Crippen LogP contribution in [-0.2, 0) is 17.6 Å². The van der Waals surface area contributed by atoms with Crippen molar-refractivity contribution in [1.29, 1.82) is 0 Å². The number of anilines is 2. The first-order valence-electron chi connectivity index (χ1n) is 9.34. The Morgan fingerprint density at radius 3 is 2.52 bits per heavy atom. The molecule has 0 saturated carbocycles. The Labute approximate surface area is 167 Å². The normalized spacial score (nSPS) is 10.8. The first-order valence-corrected chi connectivity index (χ1v) is 9.34. The minimum Gasteiger partial charge on any atom is -0.368 e. The number of fused-ring (bicyclic) bond motifs is 1. The largest absolute Gasteiger partial charge is 0.368 e. The Morgan fingerprint density at radius 1 is 0.966 bits per heavy atom. The lowest BCUT2D eigenvalue weighted by molar-refractivity contribution is -0.115. The van der Waals surface area contributed by atoms with Gasteiger partial charge in [-0.3, -0.25) is 4.79 Å². The van der Waals surface area contributed by atoms with Crippen LogP contribution in [0.15, 0.2) is 66.9 Å². The highest BCUT2D eigenvalue weighted by atomic mass is 19.1. The van der Waals surface area contributed by atoms with Crippen molar-refractivity contribution in [3.63, 3.8) is 0 Å². The highest BCUT2D eigenvalue weighted by Gasteiger charge is 2.09. The van der Waals surface area contributed by atoms with E-state index in [0.717, 1.165) is 28.5 Å². The Balaban J connectivity index is 1.28. The van der Waals surface area contributed by atoms with Crippen molar-refractivity contribution < 1.29 is 9.18 Å². The van der Waals surface area contributed by atoms with E-state index in [2.05, 4.69) is 25.8 Å². The summed E-state index contributed by atoms with van der Waals surface area (Å²) in [5.41, 5.74) is 2.98. The molecule has 2 aromatic heterocycles. The first-order chi connectivity index (χ1) is 14.2. The van der Waals surface area contributed by atoms with Crippen molar-refractivity contribution in [3.05, 3.63) is 83.8 Å². The number of amides is 1. The summed E-state index contributed by atoms with van der Waals surface area (Å²) in [5, 5.41) is 15.1. The predicted molar refractivity (Wildman–Crippen MR) is 111 cm³/mol. The number of carbonyl (C=O) groups is 1. The molecule has 0 bridgehead atoms. The molecule has 0 aliphatic heterocycles. The van der Waals surface area contributed by atoms with Gasteiger partial charge >= 0.3 is 0 Å². The predicted octanol–water partition coefficient (Wildman–Crippen LogP) is 3.93. The number of benzene rings is 2. The van der Waals surface area contributed by atoms with Crippen molar-refractivity contribution in [1.82, 2.24) is 15.2 Å². The maximum atomic E-state index is 12.9. The summed E-state index contributed by atoms with van der Waals surface area (Å²) in [5.74, 6) is 0.622. The molecule has 0 unspecified atom stereocenters. The molecule has 0 radical (unpaired) electrons. The summed E-state index contributed by atoms with van der Waals surface area (Å²) in [6.45, 7) is 0.645. The molecule has 2 aromatic carbocycles. The topological polar surface area (TPSA) is 82.7 Å². The molecule has 4 rings (SSSR count). The van der Waals surface area contributed by atoms with E-state index in [1.807, 2.05) is 30.5 Å². The van der Waals surface area contributed by atoms with E-state index in [1.54, 1.807) is 24.3 Å². The average Bonchev–Trinajstić information content (AvgIpc) is 3.14. The second kappa shape index (κ2) is 8.52. The van der Waals surface area contributed by atoms with E-state index >= 15 is 0 Å². The minimum atomic E-state index is -0.241. The molecule has 146 valence electrons. The van der Waals surface area contributed by atoms with Crippen LogP contribution >= 0.6 is 0 Å². The van der Waals surface area contributed by atoms with Gasteiger partial charge < -0.3 is 15.6 Å². The van der Waals surface area contributed by atoms with Gasteiger partial charge in [0.15, 0.2) is 5.82 Å². The number of aromatic nitrogens is 3. The first kappa shape index (κ1) is 18.6. The molecule has 2 heterocycles. The number of para-hydroxylation sites is 1. The molecule has 0 aliphatic carbocycles. The van der Waals surface area contributed by atoms with Crippen molar-refractivity contribution >= 4 is 28.4 Å². The van der Waals surface area contributed by atoms with Crippen molar-refractivity contribution in [3.8, 4) is 0 Å². The van der Waals surface area contributed by atoms with Gasteiger partial charge in [0.1, 0.15) is 11.6 Å². The van der Waals surface area contributed by atoms with Crippen LogP contribution in [0.5, 0.6) is 0 Å². The summed E-state index contributed by atoms with van der Waals surface area (Å²) in [6.07, 6.45) is 2.85. The molecule has 0 fully saturated rings. The van der Waals surface area contributed by atoms with Gasteiger partial charge in [0, 0.05) is 23.6 Å². The molecule has 29 heavy (non-hydrogen) atoms. The van der Waals surface area contributed by atoms with E-state index < -0.39 is 0 Å². The quantitative estimate of drug-likeness (QED) is 0.447. The number of hydrogen-bond donors (Lipinski definition) is 3. The Bertz CT molecular complexity index is 1110. The Kier molecular flexibility index (Phi) is 5.47. The van der Waals surface area contributed by atoms with Crippen LogP contribution < -0.4 is 10.6 Å². The number of hydrogen-bond acceptors (Lipinski definition) is 4. The van der Waals surface area contributed by atoms with Crippen molar-refractivity contribution in [2.45, 2.75) is 12.8 Å². The Morgan fingerprint density at radius 2 is 1.72 bits per heavy atom. The van der Waals surface area contributed by atoms with E-state index in [0.29, 0.717) is 18.2 Å². The average molecular weight is 389 g/mol. The smallest absolute Gasteiger partial charge is 0.230 e. The number of nitrogens with zero attached hydrogens (tertiary/aromatic N) is 2. The second-order valence-electron chi connectivity index (χ2n) is 6.69. The van der Waals surface area contributed by atoms with Gasteiger partial charge in [0.2, 0.25) is 5.91 Å². The van der Waals surface area contributed by atoms with Gasteiger partial charge in [-0.25, -0.2) is 4.39 Å². The molecular formula is C22H20FN5O. The van der Waals surface area contributed by atoms with Gasteiger partial charge in [0.05, 0.1) is 6.42 Å². The summed E-state index contributed by atoms with van der Waals surface area (Å²) < 4.78 is 12.9. The van der Waals surface area contributed by atoms with E-state index in [9.17, 15) is 9.18 Å². The SMILES string of the molecule is O=C(Cc1c[nH]c2ccccc12)Nc1ccc(NCCc2ccc(F)cc2)nn1. The highest BCUT2D eigenvalue weighted by molar-refractivity contribution is 5.95. The van der Waals surface area contributed by atoms with Gasteiger partial charge in [-0.2, -0.15) is 0 Å². The minimum absolute atomic E-state index is 0.152. The molecule has 7 heteroatoms. The number of rotatable bonds is 7. The van der Waals surface area contributed by atoms with E-state index in [-0.39, 0.29) is 18.1 Å². The highest BCUT2D eigenvalue weighted by Crippen LogP contribution is 2.18. The van der Waals surface area contributed by atoms with Crippen LogP contribution in [0.4, 0.5) is 16.0 Å². The zero-order chi connectivity index (χ0) is 20.1. The maximum Gasteiger partial charge on any atom is 0.230 e. The third-order valence-corrected chi connectivity index (χ3v) is 4.59.